The van der Waals surface area contributed by atoms with E-state index in [0.29, 0.717) is 0 Å². The molecule has 128 valence electrons. The van der Waals surface area contributed by atoms with Crippen LogP contribution in [0.4, 0.5) is 0 Å². The molecule has 0 aliphatic heterocycles. The van der Waals surface area contributed by atoms with Gasteiger partial charge in [-0.2, -0.15) is 31.3 Å². The third kappa shape index (κ3) is 871. The van der Waals surface area contributed by atoms with Crippen LogP contribution < -0.4 is 285 Å². The maximum Gasteiger partial charge on any atom is 1.00 e. The monoisotopic (exact) mass is 464 g/mol. The summed E-state index contributed by atoms with van der Waals surface area (Å²) in [7, 11) is -21.6. The van der Waals surface area contributed by atoms with Crippen molar-refractivity contribution in [3.63, 3.8) is 0 Å². The molecule has 0 aromatic carbocycles. The van der Waals surface area contributed by atoms with E-state index in [1.54, 1.807) is 0 Å². The predicted octanol–water partition coefficient (Wildman–Crippen LogP) is -47.3. The quantitative estimate of drug-likeness (QED) is 0.237. The zero-order valence-electron chi connectivity index (χ0n) is 20.3. The molecule has 0 saturated carbocycles. The molecule has 0 spiro atoms. The molecule has 0 aliphatic rings. The molecule has 0 aromatic rings. The van der Waals surface area contributed by atoms with E-state index in [0.717, 1.165) is 0 Å². The molecule has 0 unspecified atom stereocenters. The summed E-state index contributed by atoms with van der Waals surface area (Å²) in [5, 5.41) is 0. The fraction of sp³-hybridized carbons (Fsp3) is 0. The summed E-state index contributed by atoms with van der Waals surface area (Å²) >= 11 is 0. The van der Waals surface area contributed by atoms with Gasteiger partial charge < -0.3 is 77.0 Å². The molecule has 32 heteroatoms. The van der Waals surface area contributed by atoms with Crippen LogP contribution in [0.25, 0.3) is 0 Å². The van der Waals surface area contributed by atoms with Crippen LogP contribution in [0.2, 0.25) is 0 Å². The van der Waals surface area contributed by atoms with Gasteiger partial charge in [-0.05, 0) is 0 Å². The van der Waals surface area contributed by atoms with Gasteiger partial charge in [0.2, 0.25) is 0 Å². The molecule has 0 rings (SSSR count). The second-order valence-electron chi connectivity index (χ2n) is 1.79. The fourth-order valence-electron chi connectivity index (χ4n) is 0. The van der Waals surface area contributed by atoms with E-state index in [2.05, 4.69) is 0 Å². The van der Waals surface area contributed by atoms with Crippen molar-refractivity contribution in [3.8, 4) is 0 Å². The smallest absolute Gasteiger partial charge is 0.822 e. The van der Waals surface area contributed by atoms with Gasteiger partial charge in [0.05, 0.1) is 0 Å². The zero-order valence-corrected chi connectivity index (χ0v) is 23.9. The maximum absolute atomic E-state index is 8.55. The number of hydrogen-bond acceptors (Lipinski definition) is 16. The van der Waals surface area contributed by atoms with Gasteiger partial charge in [-0.25, -0.2) is 0 Å². The normalized spacial score (nSPS) is 7.38. The van der Waals surface area contributed by atoms with Gasteiger partial charge in [0, 0.05) is 0 Å². The van der Waals surface area contributed by atoms with Crippen molar-refractivity contribution in [2.24, 2.45) is 0 Å². The molecule has 0 saturated heterocycles. The van der Waals surface area contributed by atoms with E-state index >= 15 is 0 Å². The van der Waals surface area contributed by atoms with Crippen molar-refractivity contribution in [2.75, 3.05) is 0 Å². The first kappa shape index (κ1) is 106. The molecule has 0 aromatic heterocycles. The third-order valence-corrected chi connectivity index (χ3v) is 0. The summed E-state index contributed by atoms with van der Waals surface area (Å²) in [5.74, 6) is 0. The van der Waals surface area contributed by atoms with Gasteiger partial charge in [-0.3, -0.25) is 0 Å². The van der Waals surface area contributed by atoms with Gasteiger partial charge >= 0.3 is 226 Å². The van der Waals surface area contributed by atoms with E-state index in [-0.39, 0.29) is 226 Å². The van der Waals surface area contributed by atoms with Crippen molar-refractivity contribution in [1.82, 2.24) is 0 Å². The van der Waals surface area contributed by atoms with E-state index in [1.165, 1.54) is 0 Å². The molecule has 0 atom stereocenters. The summed E-state index contributed by atoms with van der Waals surface area (Å²) in [6, 6.07) is 0. The largest absolute Gasteiger partial charge is 1.00 e. The van der Waals surface area contributed by atoms with Gasteiger partial charge in [-0.1, -0.05) is 0 Å². The molecule has 0 amide bonds. The topological polar surface area (TPSA) is 345 Å². The van der Waals surface area contributed by atoms with Gasteiger partial charge in [0.1, 0.15) is 0 Å². The number of hydrogen-bond donors (Lipinski definition) is 0. The standard InChI is InChI=1S/12Li.4H3O4P/c;;;;;;;;;;;;4*1-5(2,3)4/h;;;;;;;;;;;;4*(H3,1,2,3,4)/q12*+1;;;;/p-12. The molecule has 0 heterocycles. The number of phosphoric acid groups is 4. The Hall–Kier alpha value is 7.61. The van der Waals surface area contributed by atoms with E-state index in [4.69, 9.17) is 77.0 Å². The van der Waals surface area contributed by atoms with Crippen LogP contribution in [-0.2, 0) is 18.3 Å². The molecule has 0 aliphatic carbocycles. The van der Waals surface area contributed by atoms with Crippen LogP contribution in [0, 0.1) is 0 Å². The number of rotatable bonds is 0. The SMILES string of the molecule is O=P([O-])([O-])[O-].O=P([O-])([O-])[O-].O=P([O-])([O-])[O-].O=P([O-])([O-])[O-].[Li+].[Li+].[Li+].[Li+].[Li+].[Li+].[Li+].[Li+].[Li+].[Li+].[Li+].[Li+]. The fourth-order valence-corrected chi connectivity index (χ4v) is 0. The first-order valence-electron chi connectivity index (χ1n) is 2.92. The minimum absolute atomic E-state index is 0. The molecular formula is Li12O16P4. The van der Waals surface area contributed by atoms with Crippen LogP contribution in [-0.4, -0.2) is 0 Å². The van der Waals surface area contributed by atoms with Crippen molar-refractivity contribution < 1.29 is 303 Å². The molecular weight excluding hydrogens is 463 g/mol. The Morgan fingerprint density at radius 3 is 0.219 bits per heavy atom. The van der Waals surface area contributed by atoms with Crippen molar-refractivity contribution in [2.45, 2.75) is 0 Å². The van der Waals surface area contributed by atoms with Crippen LogP contribution in [0.5, 0.6) is 0 Å². The van der Waals surface area contributed by atoms with Gasteiger partial charge in [0.15, 0.2) is 0 Å². The van der Waals surface area contributed by atoms with Gasteiger partial charge in [0.25, 0.3) is 0 Å². The Bertz CT molecular complexity index is 310. The third-order valence-electron chi connectivity index (χ3n) is 0. The first-order chi connectivity index (χ1) is 8.00. The Kier molecular flexibility index (Phi) is 181. The van der Waals surface area contributed by atoms with Crippen LogP contribution in [0.15, 0.2) is 0 Å². The zero-order chi connectivity index (χ0) is 18.0. The van der Waals surface area contributed by atoms with Crippen molar-refractivity contribution in [1.29, 1.82) is 0 Å². The van der Waals surface area contributed by atoms with Crippen LogP contribution >= 0.6 is 31.3 Å². The molecule has 0 bridgehead atoms. The molecule has 16 nitrogen and oxygen atoms in total. The summed E-state index contributed by atoms with van der Waals surface area (Å²) in [6.07, 6.45) is 0. The Morgan fingerprint density at radius 2 is 0.219 bits per heavy atom. The van der Waals surface area contributed by atoms with E-state index < -0.39 is 31.3 Å². The van der Waals surface area contributed by atoms with Crippen LogP contribution in [0.3, 0.4) is 0 Å². The molecule has 0 N–H and O–H groups in total. The Labute approximate surface area is 329 Å². The maximum atomic E-state index is 8.55. The summed E-state index contributed by atoms with van der Waals surface area (Å²) in [5.41, 5.74) is 0. The first-order valence-corrected chi connectivity index (χ1v) is 8.76. The van der Waals surface area contributed by atoms with Gasteiger partial charge in [-0.15, -0.1) is 0 Å². The average molecular weight is 463 g/mol. The summed E-state index contributed by atoms with van der Waals surface area (Å²) < 4.78 is 34.2. The second-order valence-corrected chi connectivity index (χ2v) is 5.37. The Morgan fingerprint density at radius 1 is 0.219 bits per heavy atom. The van der Waals surface area contributed by atoms with Crippen LogP contribution in [0.1, 0.15) is 0 Å². The molecule has 32 heavy (non-hydrogen) atoms. The minimum Gasteiger partial charge on any atom is -0.822 e. The summed E-state index contributed by atoms with van der Waals surface area (Å²) in [6.45, 7) is 0. The average Bonchev–Trinajstić information content (AvgIpc) is 1.62. The molecule has 0 radical (unpaired) electrons. The van der Waals surface area contributed by atoms with E-state index in [1.807, 2.05) is 0 Å². The predicted molar refractivity (Wildman–Crippen MR) is 30.4 cm³/mol. The van der Waals surface area contributed by atoms with Crippen molar-refractivity contribution in [3.05, 3.63) is 0 Å². The summed E-state index contributed by atoms with van der Waals surface area (Å²) in [4.78, 5) is 103. The van der Waals surface area contributed by atoms with Crippen molar-refractivity contribution >= 4 is 31.3 Å². The van der Waals surface area contributed by atoms with E-state index in [9.17, 15) is 0 Å². The second kappa shape index (κ2) is 54.7. The minimum atomic E-state index is -5.39. The Balaban J connectivity index is -0.00000000677. The molecule has 0 fully saturated rings.